The van der Waals surface area contributed by atoms with Gasteiger partial charge in [-0.25, -0.2) is 4.79 Å². The van der Waals surface area contributed by atoms with Crippen molar-refractivity contribution in [2.75, 3.05) is 0 Å². The summed E-state index contributed by atoms with van der Waals surface area (Å²) in [6.07, 6.45) is -1.96. The normalized spacial score (nSPS) is 16.2. The first-order valence-electron chi connectivity index (χ1n) is 17.1. The maximum atomic E-state index is 13.8. The molecule has 1 rings (SSSR count). The van der Waals surface area contributed by atoms with E-state index < -0.39 is 108 Å². The number of aliphatic hydroxyl groups is 1. The van der Waals surface area contributed by atoms with Gasteiger partial charge in [0.15, 0.2) is 0 Å². The highest BCUT2D eigenvalue weighted by Crippen LogP contribution is 2.13. The number of primary amides is 2. The Morgan fingerprint density at radius 2 is 1.13 bits per heavy atom. The Morgan fingerprint density at radius 3 is 1.63 bits per heavy atom. The minimum absolute atomic E-state index is 0.0250. The largest absolute Gasteiger partial charge is 0.480 e. The number of nitrogens with one attached hydrogen (secondary N) is 5. The number of carbonyl (C=O) groups excluding carboxylic acids is 7. The maximum Gasteiger partial charge on any atom is 0.326 e. The zero-order valence-corrected chi connectivity index (χ0v) is 30.2. The predicted octanol–water partition coefficient (Wildman–Crippen LogP) is -2.32. The molecule has 0 aliphatic heterocycles. The van der Waals surface area contributed by atoms with E-state index in [-0.39, 0.29) is 19.3 Å². The van der Waals surface area contributed by atoms with Crippen molar-refractivity contribution in [1.82, 2.24) is 26.6 Å². The third-order valence-corrected chi connectivity index (χ3v) is 8.62. The summed E-state index contributed by atoms with van der Waals surface area (Å²) in [5.41, 5.74) is 16.9. The second-order valence-corrected chi connectivity index (χ2v) is 12.9. The number of aliphatic carboxylic acids is 1. The predicted molar refractivity (Wildman–Crippen MR) is 188 cm³/mol. The summed E-state index contributed by atoms with van der Waals surface area (Å²) >= 11 is 0. The summed E-state index contributed by atoms with van der Waals surface area (Å²) in [6, 6.07) is 0.231. The lowest BCUT2D eigenvalue weighted by Gasteiger charge is -2.30. The number of amides is 7. The third kappa shape index (κ3) is 15.0. The standard InChI is InChI=1S/C34H54N8O10/c1-6-17(3)26(40-31(48)23(15-20-11-9-8-10-12-20)39-29(46)21(35)16-25(37)45)32(49)38-22(13-14-24(36)44)30(47)42-28(19(5)43)33(50)41-27(34(51)52)18(4)7-2/h8-12,17-19,21-23,26-28,43H,6-7,13-16,35H2,1-5H3,(H2,36,44)(H2,37,45)(H,38,49)(H,39,46)(H,40,48)(H,41,50)(H,42,47)(H,51,52)/t17-,18-,19+,21-,22-,23-,26-,27-,28-/m0/s1. The Morgan fingerprint density at radius 1 is 0.654 bits per heavy atom. The van der Waals surface area contributed by atoms with Gasteiger partial charge in [-0.3, -0.25) is 33.6 Å². The van der Waals surface area contributed by atoms with Crippen molar-refractivity contribution in [1.29, 1.82) is 0 Å². The minimum atomic E-state index is -1.65. The third-order valence-electron chi connectivity index (χ3n) is 8.62. The highest BCUT2D eigenvalue weighted by molar-refractivity contribution is 5.97. The Kier molecular flexibility index (Phi) is 19.0. The minimum Gasteiger partial charge on any atom is -0.480 e. The molecule has 0 unspecified atom stereocenters. The highest BCUT2D eigenvalue weighted by atomic mass is 16.4. The molecule has 0 bridgehead atoms. The van der Waals surface area contributed by atoms with E-state index in [1.807, 2.05) is 0 Å². The quantitative estimate of drug-likeness (QED) is 0.0569. The summed E-state index contributed by atoms with van der Waals surface area (Å²) in [7, 11) is 0. The van der Waals surface area contributed by atoms with Crippen LogP contribution in [0, 0.1) is 11.8 Å². The maximum absolute atomic E-state index is 13.8. The smallest absolute Gasteiger partial charge is 0.326 e. The molecule has 290 valence electrons. The van der Waals surface area contributed by atoms with E-state index in [1.54, 1.807) is 58.0 Å². The van der Waals surface area contributed by atoms with Crippen LogP contribution in [-0.4, -0.2) is 99.9 Å². The average molecular weight is 735 g/mol. The Labute approximate surface area is 302 Å². The molecule has 0 aromatic heterocycles. The Hall–Kier alpha value is -5.10. The molecule has 18 heteroatoms. The molecule has 0 saturated carbocycles. The molecule has 0 aliphatic carbocycles. The molecule has 1 aromatic rings. The second kappa shape index (κ2) is 22.0. The SMILES string of the molecule is CC[C@H](C)[C@H](NC(=O)[C@@H](NC(=O)[C@H](CCC(N)=O)NC(=O)[C@@H](NC(=O)[C@H](Cc1ccccc1)NC(=O)[C@@H](N)CC(N)=O)[C@@H](C)CC)[C@@H](C)O)C(=O)O. The first kappa shape index (κ1) is 44.9. The number of carboxylic acids is 1. The molecule has 0 saturated heterocycles. The van der Waals surface area contributed by atoms with E-state index in [0.29, 0.717) is 18.4 Å². The van der Waals surface area contributed by atoms with E-state index in [9.17, 15) is 48.6 Å². The molecule has 0 spiro atoms. The van der Waals surface area contributed by atoms with Crippen molar-refractivity contribution in [3.05, 3.63) is 35.9 Å². The number of hydrogen-bond donors (Lipinski definition) is 10. The fourth-order valence-corrected chi connectivity index (χ4v) is 5.01. The number of rotatable bonds is 23. The fourth-order valence-electron chi connectivity index (χ4n) is 5.01. The van der Waals surface area contributed by atoms with Gasteiger partial charge in [0.1, 0.15) is 30.2 Å². The summed E-state index contributed by atoms with van der Waals surface area (Å²) in [5, 5.41) is 32.2. The fraction of sp³-hybridized carbons (Fsp3) is 0.588. The first-order valence-corrected chi connectivity index (χ1v) is 17.1. The molecule has 0 aliphatic rings. The van der Waals surface area contributed by atoms with Gasteiger partial charge in [0.2, 0.25) is 41.4 Å². The number of aliphatic hydroxyl groups excluding tert-OH is 1. The van der Waals surface area contributed by atoms with Crippen molar-refractivity contribution < 1.29 is 48.6 Å². The summed E-state index contributed by atoms with van der Waals surface area (Å²) in [4.78, 5) is 102. The van der Waals surface area contributed by atoms with Gasteiger partial charge in [0.05, 0.1) is 18.6 Å². The van der Waals surface area contributed by atoms with Gasteiger partial charge in [-0.1, -0.05) is 70.9 Å². The zero-order valence-electron chi connectivity index (χ0n) is 30.2. The van der Waals surface area contributed by atoms with E-state index in [4.69, 9.17) is 17.2 Å². The van der Waals surface area contributed by atoms with Crippen LogP contribution in [0.15, 0.2) is 30.3 Å². The lowest BCUT2D eigenvalue weighted by atomic mass is 9.96. The van der Waals surface area contributed by atoms with Gasteiger partial charge in [-0.05, 0) is 30.7 Å². The van der Waals surface area contributed by atoms with Gasteiger partial charge in [-0.15, -0.1) is 0 Å². The molecular weight excluding hydrogens is 680 g/mol. The van der Waals surface area contributed by atoms with E-state index in [0.717, 1.165) is 0 Å². The van der Waals surface area contributed by atoms with Gasteiger partial charge in [-0.2, -0.15) is 0 Å². The number of carboxylic acid groups (broad SMARTS) is 1. The topological polar surface area (TPSA) is 315 Å². The lowest BCUT2D eigenvalue weighted by Crippen LogP contribution is -2.62. The molecule has 0 radical (unpaired) electrons. The zero-order chi connectivity index (χ0) is 39.7. The van der Waals surface area contributed by atoms with Crippen LogP contribution in [0.4, 0.5) is 0 Å². The van der Waals surface area contributed by atoms with Crippen molar-refractivity contribution in [2.45, 2.75) is 115 Å². The summed E-state index contributed by atoms with van der Waals surface area (Å²) < 4.78 is 0. The molecule has 1 aromatic carbocycles. The summed E-state index contributed by atoms with van der Waals surface area (Å²) in [6.45, 7) is 7.92. The second-order valence-electron chi connectivity index (χ2n) is 12.9. The first-order chi connectivity index (χ1) is 24.3. The van der Waals surface area contributed by atoms with E-state index in [2.05, 4.69) is 26.6 Å². The van der Waals surface area contributed by atoms with Crippen molar-refractivity contribution in [3.63, 3.8) is 0 Å². The van der Waals surface area contributed by atoms with Crippen LogP contribution in [0.2, 0.25) is 0 Å². The van der Waals surface area contributed by atoms with E-state index >= 15 is 0 Å². The van der Waals surface area contributed by atoms with E-state index in [1.165, 1.54) is 6.92 Å². The molecule has 18 nitrogen and oxygen atoms in total. The van der Waals surface area contributed by atoms with Crippen LogP contribution in [0.3, 0.4) is 0 Å². The molecule has 13 N–H and O–H groups in total. The number of benzene rings is 1. The van der Waals surface area contributed by atoms with Crippen LogP contribution in [0.1, 0.15) is 72.3 Å². The lowest BCUT2D eigenvalue weighted by molar-refractivity contribution is -0.144. The van der Waals surface area contributed by atoms with Gasteiger partial charge in [0, 0.05) is 12.8 Å². The molecule has 7 amide bonds. The van der Waals surface area contributed by atoms with Crippen molar-refractivity contribution in [2.24, 2.45) is 29.0 Å². The van der Waals surface area contributed by atoms with Crippen LogP contribution >= 0.6 is 0 Å². The van der Waals surface area contributed by atoms with Gasteiger partial charge >= 0.3 is 5.97 Å². The van der Waals surface area contributed by atoms with Crippen molar-refractivity contribution >= 4 is 47.3 Å². The van der Waals surface area contributed by atoms with Crippen LogP contribution in [-0.2, 0) is 44.8 Å². The van der Waals surface area contributed by atoms with Crippen LogP contribution < -0.4 is 43.8 Å². The van der Waals surface area contributed by atoms with Crippen molar-refractivity contribution in [3.8, 4) is 0 Å². The monoisotopic (exact) mass is 734 g/mol. The Balaban J connectivity index is 3.35. The average Bonchev–Trinajstić information content (AvgIpc) is 3.08. The van der Waals surface area contributed by atoms with Crippen LogP contribution in [0.25, 0.3) is 0 Å². The van der Waals surface area contributed by atoms with Gasteiger partial charge in [0.25, 0.3) is 0 Å². The number of hydrogen-bond acceptors (Lipinski definition) is 10. The highest BCUT2D eigenvalue weighted by Gasteiger charge is 2.36. The van der Waals surface area contributed by atoms with Gasteiger partial charge < -0.3 is 54.0 Å². The van der Waals surface area contributed by atoms with Crippen LogP contribution in [0.5, 0.6) is 0 Å². The molecular formula is C34H54N8O10. The molecule has 0 heterocycles. The molecule has 9 atom stereocenters. The number of nitrogens with two attached hydrogens (primary N) is 3. The molecule has 52 heavy (non-hydrogen) atoms. The Bertz CT molecular complexity index is 1410. The number of carbonyl (C=O) groups is 8. The molecule has 0 fully saturated rings. The summed E-state index contributed by atoms with van der Waals surface area (Å²) in [5.74, 6) is -8.47.